The number of aliphatic hydroxyl groups excluding tert-OH is 5. The molecule has 1 saturated carbocycles. The highest BCUT2D eigenvalue weighted by atomic mass is 16.3. The molecule has 0 saturated heterocycles. The van der Waals surface area contributed by atoms with Crippen molar-refractivity contribution in [3.8, 4) is 0 Å². The third kappa shape index (κ3) is 4.00. The average molecular weight is 262 g/mol. The van der Waals surface area contributed by atoms with Crippen molar-refractivity contribution >= 4 is 5.78 Å². The van der Waals surface area contributed by atoms with Gasteiger partial charge in [0.1, 0.15) is 5.78 Å². The molecule has 1 aliphatic rings. The molecule has 0 aromatic rings. The highest BCUT2D eigenvalue weighted by Gasteiger charge is 2.39. The van der Waals surface area contributed by atoms with Gasteiger partial charge in [-0.2, -0.15) is 0 Å². The van der Waals surface area contributed by atoms with E-state index in [0.717, 1.165) is 0 Å². The maximum Gasteiger partial charge on any atom is 0.136 e. The maximum absolute atomic E-state index is 11.8. The smallest absolute Gasteiger partial charge is 0.136 e. The highest BCUT2D eigenvalue weighted by Crippen LogP contribution is 2.34. The predicted octanol–water partition coefficient (Wildman–Crippen LogP) is -1.57. The van der Waals surface area contributed by atoms with Crippen molar-refractivity contribution in [2.45, 2.75) is 44.0 Å². The van der Waals surface area contributed by atoms with Crippen LogP contribution >= 0.6 is 0 Å². The molecule has 0 aliphatic heterocycles. The lowest BCUT2D eigenvalue weighted by atomic mass is 9.71. The van der Waals surface area contributed by atoms with Gasteiger partial charge >= 0.3 is 0 Å². The molecule has 1 aliphatic carbocycles. The summed E-state index contributed by atoms with van der Waals surface area (Å²) in [4.78, 5) is 11.8. The van der Waals surface area contributed by atoms with E-state index in [0.29, 0.717) is 6.42 Å². The molecular weight excluding hydrogens is 240 g/mol. The summed E-state index contributed by atoms with van der Waals surface area (Å²) in [5.41, 5.74) is 0. The first-order chi connectivity index (χ1) is 8.49. The van der Waals surface area contributed by atoms with Crippen molar-refractivity contribution < 1.29 is 30.3 Å². The average Bonchev–Trinajstić information content (AvgIpc) is 2.37. The molecule has 0 amide bonds. The van der Waals surface area contributed by atoms with Crippen LogP contribution in [0.2, 0.25) is 0 Å². The molecule has 1 fully saturated rings. The molecule has 0 heterocycles. The van der Waals surface area contributed by atoms with E-state index in [2.05, 4.69) is 0 Å². The van der Waals surface area contributed by atoms with Crippen LogP contribution in [0.5, 0.6) is 0 Å². The van der Waals surface area contributed by atoms with Gasteiger partial charge in [-0.05, 0) is 25.2 Å². The third-order valence-electron chi connectivity index (χ3n) is 3.60. The summed E-state index contributed by atoms with van der Waals surface area (Å²) in [7, 11) is 0. The Morgan fingerprint density at radius 1 is 1.11 bits per heavy atom. The van der Waals surface area contributed by atoms with Crippen LogP contribution in [0.4, 0.5) is 0 Å². The number of Topliss-reactive ketones (excluding diaryl/α,β-unsaturated/α-hetero) is 1. The van der Waals surface area contributed by atoms with Gasteiger partial charge in [0.25, 0.3) is 0 Å². The predicted molar refractivity (Wildman–Crippen MR) is 62.6 cm³/mol. The third-order valence-corrected chi connectivity index (χ3v) is 3.60. The van der Waals surface area contributed by atoms with E-state index >= 15 is 0 Å². The fourth-order valence-electron chi connectivity index (χ4n) is 2.58. The molecule has 0 aromatic heterocycles. The fraction of sp³-hybridized carbons (Fsp3) is 0.917. The summed E-state index contributed by atoms with van der Waals surface area (Å²) >= 11 is 0. The molecule has 6 nitrogen and oxygen atoms in total. The Labute approximate surface area is 106 Å². The number of rotatable bonds is 6. The molecule has 0 spiro atoms. The molecule has 0 aromatic carbocycles. The summed E-state index contributed by atoms with van der Waals surface area (Å²) in [5, 5.41) is 46.4. The zero-order valence-electron chi connectivity index (χ0n) is 10.3. The lowest BCUT2D eigenvalue weighted by Gasteiger charge is -2.36. The van der Waals surface area contributed by atoms with Gasteiger partial charge in [0.05, 0.1) is 31.5 Å². The summed E-state index contributed by atoms with van der Waals surface area (Å²) in [6.45, 7) is -0.859. The first kappa shape index (κ1) is 15.5. The van der Waals surface area contributed by atoms with E-state index in [4.69, 9.17) is 10.2 Å². The van der Waals surface area contributed by atoms with E-state index in [-0.39, 0.29) is 25.0 Å². The van der Waals surface area contributed by atoms with Gasteiger partial charge in [0.2, 0.25) is 0 Å². The number of carbonyl (C=O) groups excluding carboxylic acids is 1. The molecule has 18 heavy (non-hydrogen) atoms. The summed E-state index contributed by atoms with van der Waals surface area (Å²) in [6, 6.07) is 0. The molecular formula is C12H22O6. The molecule has 5 unspecified atom stereocenters. The van der Waals surface area contributed by atoms with Crippen LogP contribution in [0, 0.1) is 11.8 Å². The monoisotopic (exact) mass is 262 g/mol. The van der Waals surface area contributed by atoms with E-state index < -0.39 is 43.4 Å². The van der Waals surface area contributed by atoms with Crippen LogP contribution < -0.4 is 0 Å². The molecule has 1 rings (SSSR count). The Morgan fingerprint density at radius 2 is 1.67 bits per heavy atom. The molecule has 5 N–H and O–H groups in total. The summed E-state index contributed by atoms with van der Waals surface area (Å²) in [6.07, 6.45) is -1.92. The van der Waals surface area contributed by atoms with Gasteiger partial charge in [0, 0.05) is 12.3 Å². The van der Waals surface area contributed by atoms with Gasteiger partial charge in [-0.1, -0.05) is 0 Å². The second-order valence-corrected chi connectivity index (χ2v) is 4.99. The van der Waals surface area contributed by atoms with E-state index in [1.165, 1.54) is 0 Å². The molecule has 5 atom stereocenters. The van der Waals surface area contributed by atoms with Crippen molar-refractivity contribution in [1.82, 2.24) is 0 Å². The van der Waals surface area contributed by atoms with Gasteiger partial charge in [-0.3, -0.25) is 4.79 Å². The Bertz CT molecular complexity index is 269. The zero-order chi connectivity index (χ0) is 13.7. The topological polar surface area (TPSA) is 118 Å². The highest BCUT2D eigenvalue weighted by molar-refractivity contribution is 5.82. The number of hydrogen-bond acceptors (Lipinski definition) is 6. The summed E-state index contributed by atoms with van der Waals surface area (Å²) < 4.78 is 0. The van der Waals surface area contributed by atoms with Crippen LogP contribution in [0.25, 0.3) is 0 Å². The van der Waals surface area contributed by atoms with Crippen molar-refractivity contribution in [2.24, 2.45) is 11.8 Å². The number of carbonyl (C=O) groups is 1. The Kier molecular flexibility index (Phi) is 6.17. The number of hydrogen-bond donors (Lipinski definition) is 5. The standard InChI is InChI=1S/C12H22O6/c13-5-7(15)3-9-10(4-8(16)6-14)12(18)2-1-11(9)17/h7-11,13-17H,1-6H2. The molecule has 106 valence electrons. The first-order valence-electron chi connectivity index (χ1n) is 6.28. The van der Waals surface area contributed by atoms with E-state index in [1.54, 1.807) is 0 Å². The van der Waals surface area contributed by atoms with Crippen LogP contribution in [-0.4, -0.2) is 62.8 Å². The second kappa shape index (κ2) is 7.16. The normalized spacial score (nSPS) is 32.3. The Hall–Kier alpha value is -0.530. The quantitative estimate of drug-likeness (QED) is 0.394. The van der Waals surface area contributed by atoms with Crippen LogP contribution in [0.3, 0.4) is 0 Å². The van der Waals surface area contributed by atoms with E-state index in [9.17, 15) is 20.1 Å². The fourth-order valence-corrected chi connectivity index (χ4v) is 2.58. The number of aliphatic hydroxyl groups is 5. The van der Waals surface area contributed by atoms with Crippen LogP contribution in [-0.2, 0) is 4.79 Å². The molecule has 0 bridgehead atoms. The van der Waals surface area contributed by atoms with Crippen LogP contribution in [0.1, 0.15) is 25.7 Å². The maximum atomic E-state index is 11.8. The van der Waals surface area contributed by atoms with Crippen LogP contribution in [0.15, 0.2) is 0 Å². The lowest BCUT2D eigenvalue weighted by molar-refractivity contribution is -0.134. The second-order valence-electron chi connectivity index (χ2n) is 4.99. The number of ketones is 1. The van der Waals surface area contributed by atoms with Gasteiger partial charge in [-0.15, -0.1) is 0 Å². The van der Waals surface area contributed by atoms with Crippen molar-refractivity contribution in [1.29, 1.82) is 0 Å². The van der Waals surface area contributed by atoms with Gasteiger partial charge in [-0.25, -0.2) is 0 Å². The SMILES string of the molecule is O=C1CCC(O)C(CC(O)CO)C1CC(O)CO. The largest absolute Gasteiger partial charge is 0.394 e. The minimum atomic E-state index is -1.00. The van der Waals surface area contributed by atoms with Gasteiger partial charge in [0.15, 0.2) is 0 Å². The minimum absolute atomic E-state index is 0.0667. The van der Waals surface area contributed by atoms with Crippen molar-refractivity contribution in [2.75, 3.05) is 13.2 Å². The zero-order valence-corrected chi connectivity index (χ0v) is 10.3. The minimum Gasteiger partial charge on any atom is -0.394 e. The lowest BCUT2D eigenvalue weighted by Crippen LogP contribution is -2.42. The van der Waals surface area contributed by atoms with Gasteiger partial charge < -0.3 is 25.5 Å². The van der Waals surface area contributed by atoms with E-state index in [1.807, 2.05) is 0 Å². The first-order valence-corrected chi connectivity index (χ1v) is 6.28. The Morgan fingerprint density at radius 3 is 2.22 bits per heavy atom. The van der Waals surface area contributed by atoms with Crippen molar-refractivity contribution in [3.63, 3.8) is 0 Å². The Balaban J connectivity index is 2.73. The molecule has 6 heteroatoms. The molecule has 0 radical (unpaired) electrons. The van der Waals surface area contributed by atoms with Crippen molar-refractivity contribution in [3.05, 3.63) is 0 Å². The summed E-state index contributed by atoms with van der Waals surface area (Å²) in [5.74, 6) is -1.12.